The van der Waals surface area contributed by atoms with Gasteiger partial charge in [0.2, 0.25) is 5.91 Å². The first-order valence-electron chi connectivity index (χ1n) is 6.43. The summed E-state index contributed by atoms with van der Waals surface area (Å²) in [6.45, 7) is 3.25. The van der Waals surface area contributed by atoms with Crippen molar-refractivity contribution in [2.24, 2.45) is 22.4 Å². The van der Waals surface area contributed by atoms with E-state index in [1.165, 1.54) is 0 Å². The molecule has 0 N–H and O–H groups in total. The van der Waals surface area contributed by atoms with Gasteiger partial charge >= 0.3 is 6.03 Å². The molecule has 0 aromatic carbocycles. The van der Waals surface area contributed by atoms with E-state index >= 15 is 0 Å². The number of carbonyl (C=O) groups is 2. The molecular formula is C12H19N5O2. The third kappa shape index (κ3) is 2.38. The summed E-state index contributed by atoms with van der Waals surface area (Å²) < 4.78 is 0. The van der Waals surface area contributed by atoms with Crippen molar-refractivity contribution in [3.05, 3.63) is 10.4 Å². The standard InChI is InChI=1S/C12H19N5O2/c1-12(10(18)14-15-13)4-8-6-17(7-9(8)5-12)11(19)16(2)3/h8-9H,4-7H2,1-3H3/t8-,9+,12-. The summed E-state index contributed by atoms with van der Waals surface area (Å²) in [4.78, 5) is 29.7. The summed E-state index contributed by atoms with van der Waals surface area (Å²) >= 11 is 0. The Bertz CT molecular complexity index is 441. The number of hydrogen-bond donors (Lipinski definition) is 0. The van der Waals surface area contributed by atoms with E-state index < -0.39 is 5.41 Å². The maximum absolute atomic E-state index is 11.9. The molecule has 3 atom stereocenters. The van der Waals surface area contributed by atoms with Crippen molar-refractivity contribution in [1.82, 2.24) is 9.80 Å². The Balaban J connectivity index is 2.03. The second kappa shape index (κ2) is 4.74. The molecule has 2 rings (SSSR count). The van der Waals surface area contributed by atoms with Crippen LogP contribution in [0.15, 0.2) is 5.11 Å². The molecule has 0 radical (unpaired) electrons. The summed E-state index contributed by atoms with van der Waals surface area (Å²) in [5.41, 5.74) is 7.82. The zero-order valence-corrected chi connectivity index (χ0v) is 11.5. The highest BCUT2D eigenvalue weighted by molar-refractivity contribution is 5.83. The highest BCUT2D eigenvalue weighted by atomic mass is 16.2. The lowest BCUT2D eigenvalue weighted by Crippen LogP contribution is -2.39. The molecule has 1 heterocycles. The first kappa shape index (κ1) is 13.7. The van der Waals surface area contributed by atoms with Gasteiger partial charge in [0.1, 0.15) is 0 Å². The fourth-order valence-corrected chi connectivity index (χ4v) is 3.42. The fraction of sp³-hybridized carbons (Fsp3) is 0.833. The zero-order chi connectivity index (χ0) is 14.2. The Morgan fingerprint density at radius 1 is 1.32 bits per heavy atom. The van der Waals surface area contributed by atoms with Crippen LogP contribution in [0.1, 0.15) is 19.8 Å². The van der Waals surface area contributed by atoms with E-state index in [4.69, 9.17) is 5.53 Å². The van der Waals surface area contributed by atoms with Crippen molar-refractivity contribution < 1.29 is 9.59 Å². The first-order valence-corrected chi connectivity index (χ1v) is 6.43. The maximum atomic E-state index is 11.9. The molecule has 0 spiro atoms. The highest BCUT2D eigenvalue weighted by Gasteiger charge is 2.50. The van der Waals surface area contributed by atoms with Crippen LogP contribution in [0.4, 0.5) is 4.79 Å². The van der Waals surface area contributed by atoms with Gasteiger partial charge in [-0.2, -0.15) is 0 Å². The number of likely N-dealkylation sites (tertiary alicyclic amines) is 1. The van der Waals surface area contributed by atoms with Gasteiger partial charge in [-0.25, -0.2) is 4.79 Å². The van der Waals surface area contributed by atoms with Gasteiger partial charge in [0.25, 0.3) is 0 Å². The summed E-state index contributed by atoms with van der Waals surface area (Å²) in [5.74, 6) is 0.313. The third-order valence-corrected chi connectivity index (χ3v) is 4.31. The van der Waals surface area contributed by atoms with Crippen molar-refractivity contribution >= 4 is 11.9 Å². The van der Waals surface area contributed by atoms with E-state index in [0.29, 0.717) is 37.8 Å². The Morgan fingerprint density at radius 3 is 2.26 bits per heavy atom. The van der Waals surface area contributed by atoms with Crippen molar-refractivity contribution in [1.29, 1.82) is 0 Å². The molecule has 2 fully saturated rings. The van der Waals surface area contributed by atoms with Crippen LogP contribution in [0.25, 0.3) is 10.4 Å². The topological polar surface area (TPSA) is 89.4 Å². The van der Waals surface area contributed by atoms with Gasteiger partial charge in [0, 0.05) is 37.5 Å². The van der Waals surface area contributed by atoms with E-state index in [-0.39, 0.29) is 11.9 Å². The second-order valence-corrected chi connectivity index (χ2v) is 6.07. The molecule has 0 unspecified atom stereocenters. The van der Waals surface area contributed by atoms with Crippen LogP contribution in [0, 0.1) is 17.3 Å². The van der Waals surface area contributed by atoms with Gasteiger partial charge in [-0.1, -0.05) is 6.92 Å². The number of fused-ring (bicyclic) bond motifs is 1. The van der Waals surface area contributed by atoms with E-state index in [1.54, 1.807) is 19.0 Å². The number of carbonyl (C=O) groups excluding carboxylic acids is 2. The van der Waals surface area contributed by atoms with Crippen LogP contribution in [0.5, 0.6) is 0 Å². The van der Waals surface area contributed by atoms with Gasteiger partial charge in [-0.05, 0) is 35.3 Å². The van der Waals surface area contributed by atoms with Crippen LogP contribution in [0.2, 0.25) is 0 Å². The average Bonchev–Trinajstić information content (AvgIpc) is 2.83. The molecule has 1 saturated carbocycles. The predicted octanol–water partition coefficient (Wildman–Crippen LogP) is 1.85. The minimum absolute atomic E-state index is 0.0254. The molecule has 2 aliphatic rings. The van der Waals surface area contributed by atoms with E-state index in [0.717, 1.165) is 0 Å². The van der Waals surface area contributed by atoms with Crippen LogP contribution >= 0.6 is 0 Å². The van der Waals surface area contributed by atoms with Gasteiger partial charge in [0.05, 0.1) is 0 Å². The quantitative estimate of drug-likeness (QED) is 0.411. The minimum atomic E-state index is -0.547. The largest absolute Gasteiger partial charge is 0.331 e. The molecule has 7 nitrogen and oxygen atoms in total. The molecule has 0 aromatic rings. The van der Waals surface area contributed by atoms with Gasteiger partial charge in [-0.15, -0.1) is 0 Å². The summed E-state index contributed by atoms with van der Waals surface area (Å²) in [6.07, 6.45) is 1.40. The number of nitrogens with zero attached hydrogens (tertiary/aromatic N) is 5. The Kier molecular flexibility index (Phi) is 3.41. The SMILES string of the molecule is CN(C)C(=O)N1C[C@@H]2C[C@](C)(C(=O)N=[N+]=[N-])C[C@@H]2C1. The Labute approximate surface area is 112 Å². The third-order valence-electron chi connectivity index (χ3n) is 4.31. The molecule has 0 bridgehead atoms. The lowest BCUT2D eigenvalue weighted by atomic mass is 9.86. The van der Waals surface area contributed by atoms with Gasteiger partial charge in [0.15, 0.2) is 0 Å². The maximum Gasteiger partial charge on any atom is 0.319 e. The summed E-state index contributed by atoms with van der Waals surface area (Å²) in [5, 5.41) is 3.24. The average molecular weight is 265 g/mol. The van der Waals surface area contributed by atoms with E-state index in [9.17, 15) is 9.59 Å². The molecule has 3 amide bonds. The zero-order valence-electron chi connectivity index (χ0n) is 11.5. The number of rotatable bonds is 1. The molecule has 1 saturated heterocycles. The number of urea groups is 1. The lowest BCUT2D eigenvalue weighted by molar-refractivity contribution is -0.126. The molecular weight excluding hydrogens is 246 g/mol. The van der Waals surface area contributed by atoms with Crippen molar-refractivity contribution in [3.8, 4) is 0 Å². The Morgan fingerprint density at radius 2 is 1.84 bits per heavy atom. The van der Waals surface area contributed by atoms with E-state index in [2.05, 4.69) is 10.0 Å². The van der Waals surface area contributed by atoms with Crippen LogP contribution in [-0.2, 0) is 4.79 Å². The van der Waals surface area contributed by atoms with Gasteiger partial charge in [-0.3, -0.25) is 4.79 Å². The fourth-order valence-electron chi connectivity index (χ4n) is 3.42. The van der Waals surface area contributed by atoms with Crippen LogP contribution in [-0.4, -0.2) is 48.9 Å². The van der Waals surface area contributed by atoms with Crippen LogP contribution in [0.3, 0.4) is 0 Å². The molecule has 19 heavy (non-hydrogen) atoms. The van der Waals surface area contributed by atoms with Crippen molar-refractivity contribution in [3.63, 3.8) is 0 Å². The molecule has 1 aliphatic carbocycles. The second-order valence-electron chi connectivity index (χ2n) is 6.07. The molecule has 7 heteroatoms. The van der Waals surface area contributed by atoms with Crippen molar-refractivity contribution in [2.45, 2.75) is 19.8 Å². The molecule has 104 valence electrons. The molecule has 1 aliphatic heterocycles. The van der Waals surface area contributed by atoms with E-state index in [1.807, 2.05) is 11.8 Å². The Hall–Kier alpha value is -1.75. The number of amides is 3. The monoisotopic (exact) mass is 265 g/mol. The summed E-state index contributed by atoms with van der Waals surface area (Å²) in [6, 6.07) is 0.0254. The normalized spacial score (nSPS) is 32.7. The summed E-state index contributed by atoms with van der Waals surface area (Å²) in [7, 11) is 3.48. The highest BCUT2D eigenvalue weighted by Crippen LogP contribution is 2.49. The predicted molar refractivity (Wildman–Crippen MR) is 69.1 cm³/mol. The molecule has 0 aromatic heterocycles. The first-order chi connectivity index (χ1) is 8.87. The van der Waals surface area contributed by atoms with Gasteiger partial charge < -0.3 is 9.80 Å². The minimum Gasteiger partial charge on any atom is -0.331 e. The number of azide groups is 1. The smallest absolute Gasteiger partial charge is 0.319 e. The van der Waals surface area contributed by atoms with Crippen LogP contribution < -0.4 is 0 Å². The lowest BCUT2D eigenvalue weighted by Gasteiger charge is -2.25. The number of hydrogen-bond acceptors (Lipinski definition) is 2. The van der Waals surface area contributed by atoms with Crippen molar-refractivity contribution in [2.75, 3.05) is 27.2 Å².